The quantitative estimate of drug-likeness (QED) is 0.736. The zero-order valence-electron chi connectivity index (χ0n) is 17.9. The van der Waals surface area contributed by atoms with Crippen molar-refractivity contribution in [3.63, 3.8) is 0 Å². The molecule has 1 aromatic carbocycles. The molecule has 0 bridgehead atoms. The van der Waals surface area contributed by atoms with Gasteiger partial charge in [0.1, 0.15) is 11.3 Å². The minimum Gasteiger partial charge on any atom is -0.495 e. The van der Waals surface area contributed by atoms with E-state index in [0.29, 0.717) is 32.9 Å². The molecule has 0 saturated carbocycles. The van der Waals surface area contributed by atoms with Crippen LogP contribution in [0.5, 0.6) is 5.75 Å². The summed E-state index contributed by atoms with van der Waals surface area (Å²) in [4.78, 5) is 25.3. The van der Waals surface area contributed by atoms with E-state index in [-0.39, 0.29) is 29.4 Å². The van der Waals surface area contributed by atoms with Gasteiger partial charge in [0.25, 0.3) is 0 Å². The Morgan fingerprint density at radius 2 is 1.90 bits per heavy atom. The molecule has 2 N–H and O–H groups in total. The van der Waals surface area contributed by atoms with Gasteiger partial charge in [-0.3, -0.25) is 4.79 Å². The maximum absolute atomic E-state index is 12.8. The summed E-state index contributed by atoms with van der Waals surface area (Å²) in [5, 5.41) is 7.82. The molecule has 6 nitrogen and oxygen atoms in total. The number of hydrogen-bond donors (Lipinski definition) is 2. The van der Waals surface area contributed by atoms with Crippen molar-refractivity contribution in [2.45, 2.75) is 71.0 Å². The topological polar surface area (TPSA) is 80.6 Å². The lowest BCUT2D eigenvalue weighted by atomic mass is 9.79. The van der Waals surface area contributed by atoms with Crippen molar-refractivity contribution >= 4 is 28.5 Å². The van der Waals surface area contributed by atoms with Crippen LogP contribution in [0.25, 0.3) is 11.0 Å². The van der Waals surface area contributed by atoms with E-state index in [9.17, 15) is 9.59 Å². The number of rotatable bonds is 4. The Kier molecular flexibility index (Phi) is 5.71. The average Bonchev–Trinajstić information content (AvgIpc) is 2.56. The van der Waals surface area contributed by atoms with Crippen molar-refractivity contribution in [1.29, 1.82) is 0 Å². The molecule has 3 rings (SSSR count). The Morgan fingerprint density at radius 3 is 2.48 bits per heavy atom. The minimum atomic E-state index is -0.513. The van der Waals surface area contributed by atoms with Crippen molar-refractivity contribution in [3.05, 3.63) is 38.7 Å². The predicted molar refractivity (Wildman–Crippen MR) is 115 cm³/mol. The summed E-state index contributed by atoms with van der Waals surface area (Å²) in [5.41, 5.74) is 0.770. The first-order chi connectivity index (χ1) is 13.4. The zero-order valence-corrected chi connectivity index (χ0v) is 18.6. The third kappa shape index (κ3) is 4.75. The van der Waals surface area contributed by atoms with Crippen LogP contribution in [0.15, 0.2) is 21.3 Å². The highest BCUT2D eigenvalue weighted by molar-refractivity contribution is 6.32. The molecule has 0 aliphatic carbocycles. The van der Waals surface area contributed by atoms with Crippen LogP contribution in [0, 0.1) is 6.92 Å². The number of fused-ring (bicyclic) bond motifs is 1. The number of amides is 1. The molecule has 1 amide bonds. The number of aryl methyl sites for hydroxylation is 1. The molecule has 1 aliphatic rings. The van der Waals surface area contributed by atoms with Gasteiger partial charge in [-0.2, -0.15) is 0 Å². The predicted octanol–water partition coefficient (Wildman–Crippen LogP) is 3.73. The summed E-state index contributed by atoms with van der Waals surface area (Å²) >= 11 is 6.23. The fourth-order valence-corrected chi connectivity index (χ4v) is 4.85. The fraction of sp³-hybridized carbons (Fsp3) is 0.545. The van der Waals surface area contributed by atoms with Crippen LogP contribution in [0.3, 0.4) is 0 Å². The lowest BCUT2D eigenvalue weighted by Crippen LogP contribution is -2.62. The van der Waals surface area contributed by atoms with Gasteiger partial charge in [0.05, 0.1) is 24.1 Å². The first kappa shape index (κ1) is 21.7. The standard InChI is InChI=1S/C22H29ClN2O4/c1-12-14-7-16(23)18(28-6)9-17(14)29-20(27)15(12)8-19(26)24-13-10-21(2,3)25-22(4,5)11-13/h7,9,13,25H,8,10-11H2,1-6H3,(H,24,26). The first-order valence-electron chi connectivity index (χ1n) is 9.79. The lowest BCUT2D eigenvalue weighted by Gasteiger charge is -2.46. The number of ether oxygens (including phenoxy) is 1. The summed E-state index contributed by atoms with van der Waals surface area (Å²) in [6, 6.07) is 3.34. The maximum Gasteiger partial charge on any atom is 0.340 e. The number of piperidine rings is 1. The Balaban J connectivity index is 1.84. The summed E-state index contributed by atoms with van der Waals surface area (Å²) in [5.74, 6) is 0.251. The van der Waals surface area contributed by atoms with Gasteiger partial charge in [-0.1, -0.05) is 11.6 Å². The van der Waals surface area contributed by atoms with E-state index in [2.05, 4.69) is 38.3 Å². The number of carbonyl (C=O) groups excluding carboxylic acids is 1. The molecule has 1 fully saturated rings. The maximum atomic E-state index is 12.8. The Bertz CT molecular complexity index is 994. The second kappa shape index (κ2) is 7.65. The van der Waals surface area contributed by atoms with Crippen LogP contribution >= 0.6 is 11.6 Å². The fourth-order valence-electron chi connectivity index (χ4n) is 4.61. The van der Waals surface area contributed by atoms with E-state index in [1.54, 1.807) is 19.1 Å². The van der Waals surface area contributed by atoms with E-state index in [1.807, 2.05) is 0 Å². The Labute approximate surface area is 175 Å². The van der Waals surface area contributed by atoms with Gasteiger partial charge in [-0.25, -0.2) is 4.79 Å². The van der Waals surface area contributed by atoms with E-state index in [0.717, 1.165) is 12.8 Å². The van der Waals surface area contributed by atoms with Crippen molar-refractivity contribution in [1.82, 2.24) is 10.6 Å². The van der Waals surface area contributed by atoms with Crippen LogP contribution < -0.4 is 21.0 Å². The van der Waals surface area contributed by atoms with Crippen LogP contribution in [0.2, 0.25) is 5.02 Å². The molecule has 1 aliphatic heterocycles. The molecule has 7 heteroatoms. The highest BCUT2D eigenvalue weighted by Gasteiger charge is 2.38. The van der Waals surface area contributed by atoms with Crippen LogP contribution in [0.4, 0.5) is 0 Å². The monoisotopic (exact) mass is 420 g/mol. The van der Waals surface area contributed by atoms with Crippen LogP contribution in [0.1, 0.15) is 51.7 Å². The molecule has 0 atom stereocenters. The van der Waals surface area contributed by atoms with E-state index in [1.165, 1.54) is 7.11 Å². The van der Waals surface area contributed by atoms with Crippen molar-refractivity contribution < 1.29 is 13.9 Å². The molecule has 0 spiro atoms. The highest BCUT2D eigenvalue weighted by atomic mass is 35.5. The molecule has 2 aromatic rings. The average molecular weight is 421 g/mol. The van der Waals surface area contributed by atoms with Gasteiger partial charge in [0.2, 0.25) is 5.91 Å². The van der Waals surface area contributed by atoms with Gasteiger partial charge in [-0.15, -0.1) is 0 Å². The number of benzene rings is 1. The number of hydrogen-bond acceptors (Lipinski definition) is 5. The van der Waals surface area contributed by atoms with Gasteiger partial charge < -0.3 is 19.8 Å². The molecular formula is C22H29ClN2O4. The lowest BCUT2D eigenvalue weighted by molar-refractivity contribution is -0.121. The Morgan fingerprint density at radius 1 is 1.28 bits per heavy atom. The second-order valence-corrected chi connectivity index (χ2v) is 9.63. The van der Waals surface area contributed by atoms with E-state index >= 15 is 0 Å². The number of methoxy groups -OCH3 is 1. The second-order valence-electron chi connectivity index (χ2n) is 9.22. The van der Waals surface area contributed by atoms with Crippen molar-refractivity contribution in [2.24, 2.45) is 0 Å². The van der Waals surface area contributed by atoms with Crippen LogP contribution in [-0.4, -0.2) is 30.1 Å². The SMILES string of the molecule is COc1cc2oc(=O)c(CC(=O)NC3CC(C)(C)NC(C)(C)C3)c(C)c2cc1Cl. The third-order valence-corrected chi connectivity index (χ3v) is 5.75. The smallest absolute Gasteiger partial charge is 0.340 e. The molecule has 2 heterocycles. The van der Waals surface area contributed by atoms with Crippen molar-refractivity contribution in [2.75, 3.05) is 7.11 Å². The summed E-state index contributed by atoms with van der Waals surface area (Å²) < 4.78 is 10.6. The molecular weight excluding hydrogens is 392 g/mol. The summed E-state index contributed by atoms with van der Waals surface area (Å²) in [6.45, 7) is 10.3. The van der Waals surface area contributed by atoms with Gasteiger partial charge in [0, 0.05) is 28.6 Å². The minimum absolute atomic E-state index is 0.0292. The number of carbonyl (C=O) groups is 1. The zero-order chi connectivity index (χ0) is 21.6. The highest BCUT2D eigenvalue weighted by Crippen LogP contribution is 2.32. The van der Waals surface area contributed by atoms with Gasteiger partial charge in [0.15, 0.2) is 0 Å². The Hall–Kier alpha value is -2.05. The number of nitrogens with one attached hydrogen (secondary N) is 2. The third-order valence-electron chi connectivity index (χ3n) is 5.45. The van der Waals surface area contributed by atoms with Crippen LogP contribution in [-0.2, 0) is 11.2 Å². The molecule has 0 unspecified atom stereocenters. The first-order valence-corrected chi connectivity index (χ1v) is 10.2. The molecule has 0 radical (unpaired) electrons. The normalized spacial score (nSPS) is 18.6. The molecule has 158 valence electrons. The van der Waals surface area contributed by atoms with E-state index in [4.69, 9.17) is 20.8 Å². The molecule has 29 heavy (non-hydrogen) atoms. The molecule has 1 aromatic heterocycles. The van der Waals surface area contributed by atoms with E-state index < -0.39 is 5.63 Å². The van der Waals surface area contributed by atoms with Gasteiger partial charge >= 0.3 is 5.63 Å². The summed E-state index contributed by atoms with van der Waals surface area (Å²) in [6.07, 6.45) is 1.62. The molecule has 1 saturated heterocycles. The summed E-state index contributed by atoms with van der Waals surface area (Å²) in [7, 11) is 1.50. The number of halogens is 1. The largest absolute Gasteiger partial charge is 0.495 e. The van der Waals surface area contributed by atoms with Gasteiger partial charge in [-0.05, 0) is 59.1 Å². The van der Waals surface area contributed by atoms with Crippen molar-refractivity contribution in [3.8, 4) is 5.75 Å².